The lowest BCUT2D eigenvalue weighted by Crippen LogP contribution is -2.41. The lowest BCUT2D eigenvalue weighted by molar-refractivity contribution is -0.384. The summed E-state index contributed by atoms with van der Waals surface area (Å²) in [5.41, 5.74) is -0.414. The van der Waals surface area contributed by atoms with Crippen LogP contribution in [0, 0.1) is 10.1 Å². The Labute approximate surface area is 151 Å². The third kappa shape index (κ3) is 4.75. The third-order valence-electron chi connectivity index (χ3n) is 3.59. The zero-order chi connectivity index (χ0) is 19.5. The van der Waals surface area contributed by atoms with Gasteiger partial charge in [0.25, 0.3) is 5.69 Å². The molecule has 1 aromatic carbocycles. The standard InChI is InChI=1S/C18H22N4O4/c1-17(2,3)16-19-15(21-26-16)18(4,5)20-14(23)11-8-12-6-9-13(10-7-12)22(24)25/h6-11H,1-5H3,(H,20,23)/b11-8+. The van der Waals surface area contributed by atoms with Crippen LogP contribution in [-0.2, 0) is 15.7 Å². The van der Waals surface area contributed by atoms with E-state index in [0.29, 0.717) is 17.3 Å². The van der Waals surface area contributed by atoms with E-state index in [1.165, 1.54) is 18.2 Å². The van der Waals surface area contributed by atoms with Gasteiger partial charge in [0.2, 0.25) is 11.8 Å². The van der Waals surface area contributed by atoms with Crippen molar-refractivity contribution in [3.05, 3.63) is 57.7 Å². The smallest absolute Gasteiger partial charge is 0.269 e. The van der Waals surface area contributed by atoms with E-state index in [1.807, 2.05) is 20.8 Å². The first-order valence-corrected chi connectivity index (χ1v) is 8.08. The number of amides is 1. The fraction of sp³-hybridized carbons (Fsp3) is 0.389. The maximum absolute atomic E-state index is 12.2. The van der Waals surface area contributed by atoms with Crippen LogP contribution in [0.25, 0.3) is 6.08 Å². The van der Waals surface area contributed by atoms with Crippen molar-refractivity contribution in [3.8, 4) is 0 Å². The molecule has 2 rings (SSSR count). The van der Waals surface area contributed by atoms with Gasteiger partial charge in [0, 0.05) is 23.6 Å². The molecule has 1 N–H and O–H groups in total. The lowest BCUT2D eigenvalue weighted by Gasteiger charge is -2.21. The molecule has 0 saturated carbocycles. The summed E-state index contributed by atoms with van der Waals surface area (Å²) in [5, 5.41) is 17.4. The quantitative estimate of drug-likeness (QED) is 0.498. The number of nitro groups is 1. The number of carbonyl (C=O) groups excluding carboxylic acids is 1. The van der Waals surface area contributed by atoms with E-state index in [-0.39, 0.29) is 17.0 Å². The van der Waals surface area contributed by atoms with E-state index >= 15 is 0 Å². The summed E-state index contributed by atoms with van der Waals surface area (Å²) in [4.78, 5) is 26.7. The molecule has 8 heteroatoms. The van der Waals surface area contributed by atoms with Crippen LogP contribution in [0.3, 0.4) is 0 Å². The SMILES string of the molecule is CC(C)(C)c1nc(C(C)(C)NC(=O)/C=C/c2ccc([N+](=O)[O-])cc2)no1. The van der Waals surface area contributed by atoms with E-state index < -0.39 is 10.5 Å². The maximum atomic E-state index is 12.2. The maximum Gasteiger partial charge on any atom is 0.269 e. The average molecular weight is 358 g/mol. The molecule has 0 aliphatic rings. The number of hydrogen-bond acceptors (Lipinski definition) is 6. The van der Waals surface area contributed by atoms with E-state index in [2.05, 4.69) is 15.5 Å². The zero-order valence-corrected chi connectivity index (χ0v) is 15.4. The average Bonchev–Trinajstić information content (AvgIpc) is 3.04. The second-order valence-electron chi connectivity index (χ2n) is 7.47. The molecule has 0 saturated heterocycles. The third-order valence-corrected chi connectivity index (χ3v) is 3.59. The van der Waals surface area contributed by atoms with E-state index in [4.69, 9.17) is 4.52 Å². The molecule has 0 fully saturated rings. The van der Waals surface area contributed by atoms with Gasteiger partial charge in [-0.2, -0.15) is 4.98 Å². The number of carbonyl (C=O) groups is 1. The van der Waals surface area contributed by atoms with Crippen molar-refractivity contribution in [3.63, 3.8) is 0 Å². The van der Waals surface area contributed by atoms with Crippen molar-refractivity contribution >= 4 is 17.7 Å². The van der Waals surface area contributed by atoms with Gasteiger partial charge in [-0.3, -0.25) is 14.9 Å². The molecular formula is C18H22N4O4. The minimum Gasteiger partial charge on any atom is -0.340 e. The highest BCUT2D eigenvalue weighted by Gasteiger charge is 2.30. The molecule has 2 aromatic rings. The van der Waals surface area contributed by atoms with Gasteiger partial charge in [-0.25, -0.2) is 0 Å². The molecule has 0 atom stereocenters. The Hall–Kier alpha value is -3.03. The summed E-state index contributed by atoms with van der Waals surface area (Å²) in [6, 6.07) is 5.91. The molecule has 26 heavy (non-hydrogen) atoms. The second-order valence-corrected chi connectivity index (χ2v) is 7.47. The molecule has 0 aliphatic heterocycles. The van der Waals surface area contributed by atoms with Gasteiger partial charge in [0.15, 0.2) is 5.82 Å². The van der Waals surface area contributed by atoms with Crippen LogP contribution in [0.4, 0.5) is 5.69 Å². The minimum absolute atomic E-state index is 0.000469. The monoisotopic (exact) mass is 358 g/mol. The van der Waals surface area contributed by atoms with Crippen LogP contribution in [0.5, 0.6) is 0 Å². The first-order valence-electron chi connectivity index (χ1n) is 8.08. The molecule has 1 heterocycles. The minimum atomic E-state index is -0.816. The normalized spacial score (nSPS) is 12.3. The van der Waals surface area contributed by atoms with Crippen molar-refractivity contribution in [2.45, 2.75) is 45.6 Å². The van der Waals surface area contributed by atoms with Gasteiger partial charge in [-0.05, 0) is 37.6 Å². The van der Waals surface area contributed by atoms with E-state index in [1.54, 1.807) is 32.1 Å². The Balaban J connectivity index is 2.05. The van der Waals surface area contributed by atoms with E-state index in [9.17, 15) is 14.9 Å². The van der Waals surface area contributed by atoms with Crippen molar-refractivity contribution in [2.75, 3.05) is 0 Å². The van der Waals surface area contributed by atoms with Gasteiger partial charge in [0.1, 0.15) is 0 Å². The van der Waals surface area contributed by atoms with Gasteiger partial charge < -0.3 is 9.84 Å². The number of nitrogens with one attached hydrogen (secondary N) is 1. The zero-order valence-electron chi connectivity index (χ0n) is 15.4. The number of benzene rings is 1. The fourth-order valence-corrected chi connectivity index (χ4v) is 2.07. The number of nitro benzene ring substituents is 1. The summed E-state index contributed by atoms with van der Waals surface area (Å²) < 4.78 is 5.27. The first-order chi connectivity index (χ1) is 12.0. The van der Waals surface area contributed by atoms with Crippen molar-refractivity contribution < 1.29 is 14.2 Å². The van der Waals surface area contributed by atoms with Gasteiger partial charge in [-0.1, -0.05) is 25.9 Å². The number of non-ortho nitro benzene ring substituents is 1. The Morgan fingerprint density at radius 3 is 2.31 bits per heavy atom. The lowest BCUT2D eigenvalue weighted by atomic mass is 9.97. The van der Waals surface area contributed by atoms with Gasteiger partial charge >= 0.3 is 0 Å². The Bertz CT molecular complexity index is 830. The molecule has 8 nitrogen and oxygen atoms in total. The Morgan fingerprint density at radius 1 is 1.19 bits per heavy atom. The first kappa shape index (κ1) is 19.3. The summed E-state index contributed by atoms with van der Waals surface area (Å²) >= 11 is 0. The summed E-state index contributed by atoms with van der Waals surface area (Å²) in [6.07, 6.45) is 2.93. The van der Waals surface area contributed by atoms with Crippen LogP contribution >= 0.6 is 0 Å². The highest BCUT2D eigenvalue weighted by molar-refractivity contribution is 5.92. The Morgan fingerprint density at radius 2 is 1.81 bits per heavy atom. The summed E-state index contributed by atoms with van der Waals surface area (Å²) in [7, 11) is 0. The summed E-state index contributed by atoms with van der Waals surface area (Å²) in [5.74, 6) is 0.547. The van der Waals surface area contributed by atoms with Crippen molar-refractivity contribution in [1.82, 2.24) is 15.5 Å². The predicted molar refractivity (Wildman–Crippen MR) is 96.3 cm³/mol. The summed E-state index contributed by atoms with van der Waals surface area (Å²) in [6.45, 7) is 9.44. The molecule has 138 valence electrons. The van der Waals surface area contributed by atoms with Crippen LogP contribution in [0.15, 0.2) is 34.9 Å². The largest absolute Gasteiger partial charge is 0.340 e. The molecule has 0 radical (unpaired) electrons. The van der Waals surface area contributed by atoms with Crippen LogP contribution in [0.1, 0.15) is 51.9 Å². The number of nitrogens with zero attached hydrogens (tertiary/aromatic N) is 3. The molecular weight excluding hydrogens is 336 g/mol. The van der Waals surface area contributed by atoms with Crippen LogP contribution < -0.4 is 5.32 Å². The number of hydrogen-bond donors (Lipinski definition) is 1. The van der Waals surface area contributed by atoms with Crippen molar-refractivity contribution in [1.29, 1.82) is 0 Å². The van der Waals surface area contributed by atoms with Crippen LogP contribution in [-0.4, -0.2) is 21.0 Å². The Kier molecular flexibility index (Phi) is 5.25. The number of rotatable bonds is 5. The van der Waals surface area contributed by atoms with Gasteiger partial charge in [-0.15, -0.1) is 0 Å². The number of aromatic nitrogens is 2. The topological polar surface area (TPSA) is 111 Å². The molecule has 0 bridgehead atoms. The predicted octanol–water partition coefficient (Wildman–Crippen LogP) is 3.34. The molecule has 0 spiro atoms. The van der Waals surface area contributed by atoms with Gasteiger partial charge in [0.05, 0.1) is 10.5 Å². The second kappa shape index (κ2) is 7.07. The molecule has 0 unspecified atom stereocenters. The molecule has 0 aliphatic carbocycles. The molecule has 1 aromatic heterocycles. The molecule has 1 amide bonds. The van der Waals surface area contributed by atoms with Crippen molar-refractivity contribution in [2.24, 2.45) is 0 Å². The highest BCUT2D eigenvalue weighted by Crippen LogP contribution is 2.24. The highest BCUT2D eigenvalue weighted by atomic mass is 16.6. The van der Waals surface area contributed by atoms with Crippen LogP contribution in [0.2, 0.25) is 0 Å². The fourth-order valence-electron chi connectivity index (χ4n) is 2.07. The van der Waals surface area contributed by atoms with E-state index in [0.717, 1.165) is 0 Å².